The van der Waals surface area contributed by atoms with E-state index < -0.39 is 12.1 Å². The maximum absolute atomic E-state index is 11.9. The molecule has 1 atom stereocenters. The van der Waals surface area contributed by atoms with Crippen molar-refractivity contribution in [2.45, 2.75) is 37.0 Å². The fraction of sp³-hybridized carbons (Fsp3) is 0.611. The van der Waals surface area contributed by atoms with Crippen molar-refractivity contribution in [1.29, 1.82) is 0 Å². The van der Waals surface area contributed by atoms with Crippen LogP contribution in [-0.4, -0.2) is 76.0 Å². The van der Waals surface area contributed by atoms with Gasteiger partial charge in [-0.1, -0.05) is 0 Å². The van der Waals surface area contributed by atoms with Crippen LogP contribution in [0.4, 0.5) is 13.2 Å². The van der Waals surface area contributed by atoms with Crippen molar-refractivity contribution in [1.82, 2.24) is 9.88 Å². The Morgan fingerprint density at radius 3 is 2.52 bits per heavy atom. The highest BCUT2D eigenvalue weighted by Gasteiger charge is 2.50. The van der Waals surface area contributed by atoms with E-state index in [9.17, 15) is 18.0 Å². The lowest BCUT2D eigenvalue weighted by molar-refractivity contribution is -0.192. The van der Waals surface area contributed by atoms with Crippen molar-refractivity contribution in [3.63, 3.8) is 0 Å². The minimum atomic E-state index is -5.08. The Labute approximate surface area is 170 Å². The largest absolute Gasteiger partial charge is 0.490 e. The van der Waals surface area contributed by atoms with Gasteiger partial charge in [0, 0.05) is 37.8 Å². The second kappa shape index (κ2) is 10.3. The number of carbonyl (C=O) groups is 2. The molecule has 7 nitrogen and oxygen atoms in total. The minimum absolute atomic E-state index is 0.106. The molecule has 3 rings (SSSR count). The van der Waals surface area contributed by atoms with Gasteiger partial charge in [0.05, 0.1) is 17.5 Å². The number of nitrogens with zero attached hydrogens (tertiary/aromatic N) is 2. The summed E-state index contributed by atoms with van der Waals surface area (Å²) in [5, 5.41) is 7.12. The van der Waals surface area contributed by atoms with Gasteiger partial charge in [0.25, 0.3) is 0 Å². The second-order valence-corrected chi connectivity index (χ2v) is 8.16. The van der Waals surface area contributed by atoms with E-state index in [1.54, 1.807) is 12.4 Å². The van der Waals surface area contributed by atoms with E-state index in [1.807, 2.05) is 35.7 Å². The topological polar surface area (TPSA) is 89.0 Å². The maximum atomic E-state index is 11.9. The zero-order chi connectivity index (χ0) is 21.5. The molecule has 162 valence electrons. The Balaban J connectivity index is 0.000000370. The van der Waals surface area contributed by atoms with Crippen molar-refractivity contribution in [2.75, 3.05) is 32.1 Å². The Hall–Kier alpha value is -1.85. The molecule has 1 spiro atoms. The van der Waals surface area contributed by atoms with E-state index >= 15 is 0 Å². The Kier molecular flexibility index (Phi) is 8.29. The number of carboxylic acid groups (broad SMARTS) is 1. The number of likely N-dealkylation sites (tertiary alicyclic amines) is 1. The van der Waals surface area contributed by atoms with Crippen LogP contribution in [-0.2, 0) is 25.7 Å². The predicted octanol–water partition coefficient (Wildman–Crippen LogP) is 2.35. The fourth-order valence-corrected chi connectivity index (χ4v) is 4.48. The first-order valence-corrected chi connectivity index (χ1v) is 9.94. The zero-order valence-corrected chi connectivity index (χ0v) is 16.7. The molecule has 0 saturated carbocycles. The number of carboxylic acids is 1. The third kappa shape index (κ3) is 7.16. The summed E-state index contributed by atoms with van der Waals surface area (Å²) >= 11 is 1.95. The van der Waals surface area contributed by atoms with Gasteiger partial charge in [-0.3, -0.25) is 9.78 Å². The summed E-state index contributed by atoms with van der Waals surface area (Å²) in [6.45, 7) is 5.00. The molecule has 0 aromatic carbocycles. The molecule has 0 aliphatic carbocycles. The van der Waals surface area contributed by atoms with E-state index in [-0.39, 0.29) is 23.4 Å². The number of aromatic nitrogens is 1. The molecule has 1 aromatic heterocycles. The van der Waals surface area contributed by atoms with Crippen LogP contribution in [0.15, 0.2) is 24.5 Å². The molecule has 11 heteroatoms. The van der Waals surface area contributed by atoms with Gasteiger partial charge in [-0.2, -0.15) is 13.2 Å². The molecule has 1 unspecified atom stereocenters. The van der Waals surface area contributed by atoms with Gasteiger partial charge in [-0.15, -0.1) is 11.8 Å². The molecule has 2 aliphatic heterocycles. The minimum Gasteiger partial charge on any atom is -0.475 e. The number of amides is 1. The Morgan fingerprint density at radius 1 is 1.34 bits per heavy atom. The van der Waals surface area contributed by atoms with Crippen LogP contribution in [0.25, 0.3) is 0 Å². The summed E-state index contributed by atoms with van der Waals surface area (Å²) in [6.07, 6.45) is -0.196. The number of alkyl halides is 3. The highest BCUT2D eigenvalue weighted by atomic mass is 32.2. The van der Waals surface area contributed by atoms with Crippen LogP contribution in [0.3, 0.4) is 0 Å². The molecular weight excluding hydrogens is 413 g/mol. The Morgan fingerprint density at radius 2 is 1.97 bits per heavy atom. The lowest BCUT2D eigenvalue weighted by Crippen LogP contribution is -2.61. The van der Waals surface area contributed by atoms with Crippen LogP contribution >= 0.6 is 11.8 Å². The van der Waals surface area contributed by atoms with Crippen LogP contribution in [0.2, 0.25) is 0 Å². The molecule has 1 aromatic rings. The van der Waals surface area contributed by atoms with Gasteiger partial charge >= 0.3 is 12.1 Å². The molecule has 2 fully saturated rings. The monoisotopic (exact) mass is 436 g/mol. The normalized spacial score (nSPS) is 20.0. The maximum Gasteiger partial charge on any atom is 0.490 e. The zero-order valence-electron chi connectivity index (χ0n) is 15.9. The Bertz CT molecular complexity index is 684. The van der Waals surface area contributed by atoms with E-state index in [0.29, 0.717) is 13.2 Å². The van der Waals surface area contributed by atoms with Gasteiger partial charge in [0.2, 0.25) is 5.91 Å². The summed E-state index contributed by atoms with van der Waals surface area (Å²) in [7, 11) is 0. The van der Waals surface area contributed by atoms with Gasteiger partial charge in [-0.25, -0.2) is 4.79 Å². The highest BCUT2D eigenvalue weighted by Crippen LogP contribution is 2.46. The molecule has 0 radical (unpaired) electrons. The summed E-state index contributed by atoms with van der Waals surface area (Å²) < 4.78 is 43.1. The van der Waals surface area contributed by atoms with Crippen molar-refractivity contribution < 1.29 is 37.3 Å². The van der Waals surface area contributed by atoms with Gasteiger partial charge < -0.3 is 19.5 Å². The molecule has 1 N–H and O–H groups in total. The average Bonchev–Trinajstić information content (AvgIpc) is 3.08. The molecule has 29 heavy (non-hydrogen) atoms. The average molecular weight is 436 g/mol. The highest BCUT2D eigenvalue weighted by molar-refractivity contribution is 8.01. The first-order valence-electron chi connectivity index (χ1n) is 8.95. The number of ether oxygens (including phenoxy) is 2. The first kappa shape index (κ1) is 23.4. The molecule has 2 saturated heterocycles. The number of pyridine rings is 1. The summed E-state index contributed by atoms with van der Waals surface area (Å²) in [6, 6.07) is 3.96. The number of hydrogen-bond donors (Lipinski definition) is 1. The number of halogens is 3. The summed E-state index contributed by atoms with van der Waals surface area (Å²) in [5.74, 6) is -1.64. The molecule has 0 bridgehead atoms. The van der Waals surface area contributed by atoms with Crippen molar-refractivity contribution in [2.24, 2.45) is 0 Å². The van der Waals surface area contributed by atoms with E-state index in [1.165, 1.54) is 0 Å². The van der Waals surface area contributed by atoms with Crippen LogP contribution < -0.4 is 0 Å². The lowest BCUT2D eigenvalue weighted by Gasteiger charge is -2.47. The third-order valence-electron chi connectivity index (χ3n) is 4.39. The summed E-state index contributed by atoms with van der Waals surface area (Å²) in [4.78, 5) is 26.7. The standard InChI is InChI=1S/C16H22N2O3S.C2HF3O2/c1-2-20-9-15(19)18-11-16(12-18)7-14(10-22-16)21-8-13-3-5-17-6-4-13;3-2(4,5)1(6)7/h3-6,14H,2,7-12H2,1H3;(H,6,7). The van der Waals surface area contributed by atoms with Crippen LogP contribution in [0, 0.1) is 0 Å². The first-order chi connectivity index (χ1) is 13.6. The molecule has 2 aliphatic rings. The predicted molar refractivity (Wildman–Crippen MR) is 99.4 cm³/mol. The summed E-state index contributed by atoms with van der Waals surface area (Å²) in [5.41, 5.74) is 1.16. The second-order valence-electron chi connectivity index (χ2n) is 6.68. The van der Waals surface area contributed by atoms with Crippen molar-refractivity contribution in [3.8, 4) is 0 Å². The number of thioether (sulfide) groups is 1. The number of hydrogen-bond acceptors (Lipinski definition) is 6. The molecular formula is C18H23F3N2O5S. The van der Waals surface area contributed by atoms with Crippen LogP contribution in [0.1, 0.15) is 18.9 Å². The number of rotatable bonds is 6. The third-order valence-corrected chi connectivity index (χ3v) is 5.97. The number of carbonyl (C=O) groups excluding carboxylic acids is 1. The lowest BCUT2D eigenvalue weighted by atomic mass is 9.93. The SMILES string of the molecule is CCOCC(=O)N1CC2(CC(OCc3ccncc3)CS2)C1.O=C(O)C(F)(F)F. The smallest absolute Gasteiger partial charge is 0.475 e. The van der Waals surface area contributed by atoms with E-state index in [4.69, 9.17) is 19.4 Å². The quantitative estimate of drug-likeness (QED) is 0.732. The van der Waals surface area contributed by atoms with Gasteiger partial charge in [0.15, 0.2) is 0 Å². The van der Waals surface area contributed by atoms with Gasteiger partial charge in [0.1, 0.15) is 6.61 Å². The van der Waals surface area contributed by atoms with Crippen LogP contribution in [0.5, 0.6) is 0 Å². The van der Waals surface area contributed by atoms with E-state index in [2.05, 4.69) is 4.98 Å². The fourth-order valence-electron chi connectivity index (χ4n) is 2.93. The molecule has 1 amide bonds. The van der Waals surface area contributed by atoms with Crippen molar-refractivity contribution in [3.05, 3.63) is 30.1 Å². The van der Waals surface area contributed by atoms with E-state index in [0.717, 1.165) is 30.8 Å². The van der Waals surface area contributed by atoms with Crippen molar-refractivity contribution >= 4 is 23.6 Å². The molecule has 3 heterocycles. The van der Waals surface area contributed by atoms with Gasteiger partial charge in [-0.05, 0) is 31.0 Å². The number of aliphatic carboxylic acids is 1.